The van der Waals surface area contributed by atoms with Crippen molar-refractivity contribution in [2.45, 2.75) is 69.2 Å². The molecule has 4 aliphatic rings. The van der Waals surface area contributed by atoms with E-state index in [9.17, 15) is 0 Å². The first-order chi connectivity index (χ1) is 11.7. The number of aromatic nitrogens is 2. The minimum Gasteiger partial charge on any atom is -0.372 e. The van der Waals surface area contributed by atoms with Gasteiger partial charge in [0.25, 0.3) is 0 Å². The van der Waals surface area contributed by atoms with Gasteiger partial charge in [0.15, 0.2) is 0 Å². The smallest absolute Gasteiger partial charge is 0.132 e. The summed E-state index contributed by atoms with van der Waals surface area (Å²) in [5, 5.41) is 0. The normalized spacial score (nSPS) is 37.0. The molecule has 4 unspecified atom stereocenters. The van der Waals surface area contributed by atoms with Gasteiger partial charge in [-0.05, 0) is 45.4 Å². The fourth-order valence-electron chi connectivity index (χ4n) is 4.36. The summed E-state index contributed by atoms with van der Waals surface area (Å²) in [6, 6.07) is 2.97. The van der Waals surface area contributed by atoms with E-state index in [0.29, 0.717) is 18.1 Å². The van der Waals surface area contributed by atoms with E-state index in [-0.39, 0.29) is 11.6 Å². The summed E-state index contributed by atoms with van der Waals surface area (Å²) < 4.78 is 6.37. The number of rotatable bonds is 4. The zero-order valence-corrected chi connectivity index (χ0v) is 14.4. The zero-order chi connectivity index (χ0) is 16.1. The van der Waals surface area contributed by atoms with E-state index < -0.39 is 0 Å². The first kappa shape index (κ1) is 15.0. The third-order valence-corrected chi connectivity index (χ3v) is 6.28. The molecule has 0 amide bonds. The van der Waals surface area contributed by atoms with Crippen LogP contribution in [0.4, 0.5) is 5.82 Å². The molecule has 2 saturated heterocycles. The molecule has 0 radical (unpaired) electrons. The minimum absolute atomic E-state index is 0.173. The molecule has 5 rings (SSSR count). The lowest BCUT2D eigenvalue weighted by atomic mass is 9.79. The largest absolute Gasteiger partial charge is 0.372 e. The molecule has 0 spiro atoms. The number of hydrogen-bond acceptors (Lipinski definition) is 6. The zero-order valence-electron chi connectivity index (χ0n) is 14.4. The molecule has 2 N–H and O–H groups in total. The molecule has 130 valence electrons. The number of hydrazine groups is 1. The predicted molar refractivity (Wildman–Crippen MR) is 91.5 cm³/mol. The molecule has 6 heteroatoms. The lowest BCUT2D eigenvalue weighted by Crippen LogP contribution is -2.38. The molecule has 4 atom stereocenters. The number of fused-ring (bicyclic) bond motifs is 1. The summed E-state index contributed by atoms with van der Waals surface area (Å²) in [5.41, 5.74) is 8.29. The summed E-state index contributed by atoms with van der Waals surface area (Å²) in [6.07, 6.45) is 9.31. The van der Waals surface area contributed by atoms with Gasteiger partial charge in [-0.25, -0.2) is 15.4 Å². The van der Waals surface area contributed by atoms with Gasteiger partial charge in [0, 0.05) is 31.1 Å². The van der Waals surface area contributed by atoms with Gasteiger partial charge in [-0.15, -0.1) is 0 Å². The van der Waals surface area contributed by atoms with Crippen LogP contribution in [0.3, 0.4) is 0 Å². The Bertz CT molecular complexity index is 615. The van der Waals surface area contributed by atoms with Crippen LogP contribution in [-0.2, 0) is 4.74 Å². The van der Waals surface area contributed by atoms with Crippen molar-refractivity contribution in [2.24, 2.45) is 5.92 Å². The van der Waals surface area contributed by atoms with E-state index in [1.807, 2.05) is 0 Å². The SMILES string of the molecule is CC1(OC2CCC3NNC(c4cc(N5CCC5)ncn4)C3C2)CC1. The van der Waals surface area contributed by atoms with Gasteiger partial charge in [-0.1, -0.05) is 0 Å². The number of ether oxygens (including phenoxy) is 1. The molecule has 6 nitrogen and oxygen atoms in total. The summed E-state index contributed by atoms with van der Waals surface area (Å²) in [4.78, 5) is 11.4. The molecule has 24 heavy (non-hydrogen) atoms. The van der Waals surface area contributed by atoms with Crippen molar-refractivity contribution >= 4 is 5.82 Å². The highest BCUT2D eigenvalue weighted by atomic mass is 16.5. The number of hydrogen-bond donors (Lipinski definition) is 2. The Morgan fingerprint density at radius 1 is 1.21 bits per heavy atom. The average Bonchev–Trinajstić information content (AvgIpc) is 3.10. The molecule has 0 aromatic carbocycles. The molecular formula is C18H27N5O. The van der Waals surface area contributed by atoms with E-state index >= 15 is 0 Å². The lowest BCUT2D eigenvalue weighted by molar-refractivity contribution is -0.0500. The van der Waals surface area contributed by atoms with Gasteiger partial charge in [-0.2, -0.15) is 0 Å². The van der Waals surface area contributed by atoms with E-state index in [1.54, 1.807) is 6.33 Å². The first-order valence-corrected chi connectivity index (χ1v) is 9.46. The van der Waals surface area contributed by atoms with Crippen LogP contribution >= 0.6 is 0 Å². The van der Waals surface area contributed by atoms with Crippen LogP contribution in [0.1, 0.15) is 57.2 Å². The summed E-state index contributed by atoms with van der Waals surface area (Å²) in [5.74, 6) is 1.62. The lowest BCUT2D eigenvalue weighted by Gasteiger charge is -2.35. The van der Waals surface area contributed by atoms with Crippen LogP contribution in [-0.4, -0.2) is 40.8 Å². The van der Waals surface area contributed by atoms with Crippen molar-refractivity contribution in [1.82, 2.24) is 20.8 Å². The van der Waals surface area contributed by atoms with Crippen LogP contribution < -0.4 is 15.8 Å². The molecule has 2 aliphatic carbocycles. The second kappa shape index (κ2) is 5.64. The maximum absolute atomic E-state index is 6.37. The second-order valence-corrected chi connectivity index (χ2v) is 8.18. The molecule has 1 aromatic rings. The Kier molecular flexibility index (Phi) is 3.54. The van der Waals surface area contributed by atoms with Crippen molar-refractivity contribution in [2.75, 3.05) is 18.0 Å². The van der Waals surface area contributed by atoms with E-state index in [4.69, 9.17) is 4.74 Å². The van der Waals surface area contributed by atoms with Crippen LogP contribution in [0, 0.1) is 5.92 Å². The first-order valence-electron chi connectivity index (χ1n) is 9.46. The highest BCUT2D eigenvalue weighted by Crippen LogP contribution is 2.45. The van der Waals surface area contributed by atoms with Crippen LogP contribution in [0.5, 0.6) is 0 Å². The van der Waals surface area contributed by atoms with Gasteiger partial charge in [0.05, 0.1) is 23.4 Å². The van der Waals surface area contributed by atoms with Crippen molar-refractivity contribution in [3.05, 3.63) is 18.1 Å². The minimum atomic E-state index is 0.173. The van der Waals surface area contributed by atoms with Crippen molar-refractivity contribution in [3.8, 4) is 0 Å². The molecule has 3 heterocycles. The highest BCUT2D eigenvalue weighted by Gasteiger charge is 2.46. The van der Waals surface area contributed by atoms with E-state index in [0.717, 1.165) is 31.0 Å². The van der Waals surface area contributed by atoms with Gasteiger partial charge in [-0.3, -0.25) is 5.43 Å². The Morgan fingerprint density at radius 3 is 2.83 bits per heavy atom. The van der Waals surface area contributed by atoms with Gasteiger partial charge in [0.2, 0.25) is 0 Å². The molecule has 4 fully saturated rings. The fourth-order valence-corrected chi connectivity index (χ4v) is 4.36. The summed E-state index contributed by atoms with van der Waals surface area (Å²) in [7, 11) is 0. The van der Waals surface area contributed by atoms with Crippen LogP contribution in [0.25, 0.3) is 0 Å². The topological polar surface area (TPSA) is 62.3 Å². The van der Waals surface area contributed by atoms with Crippen molar-refractivity contribution in [1.29, 1.82) is 0 Å². The predicted octanol–water partition coefficient (Wildman–Crippen LogP) is 1.94. The fraction of sp³-hybridized carbons (Fsp3) is 0.778. The second-order valence-electron chi connectivity index (χ2n) is 8.18. The van der Waals surface area contributed by atoms with E-state index in [1.165, 1.54) is 32.1 Å². The van der Waals surface area contributed by atoms with Crippen LogP contribution in [0.2, 0.25) is 0 Å². The Morgan fingerprint density at radius 2 is 2.08 bits per heavy atom. The number of nitrogens with zero attached hydrogens (tertiary/aromatic N) is 3. The molecule has 0 bridgehead atoms. The van der Waals surface area contributed by atoms with Crippen LogP contribution in [0.15, 0.2) is 12.4 Å². The third-order valence-electron chi connectivity index (χ3n) is 6.28. The average molecular weight is 329 g/mol. The molecular weight excluding hydrogens is 302 g/mol. The number of nitrogens with one attached hydrogen (secondary N) is 2. The van der Waals surface area contributed by atoms with Gasteiger partial charge < -0.3 is 9.64 Å². The van der Waals surface area contributed by atoms with Gasteiger partial charge in [0.1, 0.15) is 12.1 Å². The maximum atomic E-state index is 6.37. The Balaban J connectivity index is 1.32. The maximum Gasteiger partial charge on any atom is 0.132 e. The monoisotopic (exact) mass is 329 g/mol. The van der Waals surface area contributed by atoms with Crippen molar-refractivity contribution in [3.63, 3.8) is 0 Å². The standard InChI is InChI=1S/C18H27N5O/c1-18(5-6-18)24-12-3-4-14-13(9-12)17(22-21-14)15-10-16(20-11-19-15)23-7-2-8-23/h10-14,17,21-22H,2-9H2,1H3. The quantitative estimate of drug-likeness (QED) is 0.880. The highest BCUT2D eigenvalue weighted by molar-refractivity contribution is 5.42. The Labute approximate surface area is 143 Å². The third kappa shape index (κ3) is 2.70. The molecule has 2 saturated carbocycles. The van der Waals surface area contributed by atoms with Crippen molar-refractivity contribution < 1.29 is 4.74 Å². The number of anilines is 1. The Hall–Kier alpha value is -1.24. The summed E-state index contributed by atoms with van der Waals surface area (Å²) >= 11 is 0. The van der Waals surface area contributed by atoms with E-state index in [2.05, 4.69) is 38.7 Å². The van der Waals surface area contributed by atoms with Gasteiger partial charge >= 0.3 is 0 Å². The molecule has 1 aromatic heterocycles. The molecule has 2 aliphatic heterocycles. The summed E-state index contributed by atoms with van der Waals surface area (Å²) in [6.45, 7) is 4.49.